The zero-order chi connectivity index (χ0) is 10.8. The fourth-order valence-electron chi connectivity index (χ4n) is 2.44. The van der Waals surface area contributed by atoms with Crippen LogP contribution in [-0.4, -0.2) is 26.2 Å². The van der Waals surface area contributed by atoms with Gasteiger partial charge in [0.25, 0.3) is 0 Å². The summed E-state index contributed by atoms with van der Waals surface area (Å²) in [6, 6.07) is 0. The summed E-state index contributed by atoms with van der Waals surface area (Å²) in [6.07, 6.45) is 0. The predicted molar refractivity (Wildman–Crippen MR) is 62.5 cm³/mol. The molecular weight excluding hydrogens is 172 g/mol. The standard InChI is InChI=1S/C12H26N2/c1-6-13-7-8-14-9-10-11(2,3)12(10,4)5/h10,13-14H,6-9H2,1-5H3. The molecule has 2 N–H and O–H groups in total. The molecule has 1 rings (SSSR count). The zero-order valence-electron chi connectivity index (χ0n) is 10.4. The fourth-order valence-corrected chi connectivity index (χ4v) is 2.44. The van der Waals surface area contributed by atoms with Gasteiger partial charge >= 0.3 is 0 Å². The van der Waals surface area contributed by atoms with E-state index in [2.05, 4.69) is 45.3 Å². The zero-order valence-corrected chi connectivity index (χ0v) is 10.4. The van der Waals surface area contributed by atoms with Crippen molar-refractivity contribution in [2.75, 3.05) is 26.2 Å². The molecule has 14 heavy (non-hydrogen) atoms. The van der Waals surface area contributed by atoms with E-state index in [1.807, 2.05) is 0 Å². The van der Waals surface area contributed by atoms with Gasteiger partial charge in [0.2, 0.25) is 0 Å². The van der Waals surface area contributed by atoms with E-state index in [1.165, 1.54) is 6.54 Å². The van der Waals surface area contributed by atoms with Gasteiger partial charge in [0.1, 0.15) is 0 Å². The minimum atomic E-state index is 0.526. The van der Waals surface area contributed by atoms with E-state index in [9.17, 15) is 0 Å². The lowest BCUT2D eigenvalue weighted by atomic mass is 10.0. The Morgan fingerprint density at radius 3 is 1.86 bits per heavy atom. The number of rotatable bonds is 6. The number of hydrogen-bond donors (Lipinski definition) is 2. The molecule has 84 valence electrons. The van der Waals surface area contributed by atoms with E-state index < -0.39 is 0 Å². The van der Waals surface area contributed by atoms with Gasteiger partial charge in [-0.2, -0.15) is 0 Å². The highest BCUT2D eigenvalue weighted by atomic mass is 15.0. The lowest BCUT2D eigenvalue weighted by Crippen LogP contribution is -2.29. The summed E-state index contributed by atoms with van der Waals surface area (Å²) in [6.45, 7) is 16.1. The molecule has 0 spiro atoms. The number of nitrogens with one attached hydrogen (secondary N) is 2. The van der Waals surface area contributed by atoms with Crippen LogP contribution in [-0.2, 0) is 0 Å². The smallest absolute Gasteiger partial charge is 0.00768 e. The van der Waals surface area contributed by atoms with E-state index in [0.717, 1.165) is 25.6 Å². The monoisotopic (exact) mass is 198 g/mol. The third kappa shape index (κ3) is 2.12. The first-order valence-corrected chi connectivity index (χ1v) is 5.86. The molecule has 0 radical (unpaired) electrons. The van der Waals surface area contributed by atoms with Gasteiger partial charge in [0, 0.05) is 13.1 Å². The average molecular weight is 198 g/mol. The first-order valence-electron chi connectivity index (χ1n) is 5.86. The van der Waals surface area contributed by atoms with E-state index in [-0.39, 0.29) is 0 Å². The molecule has 0 saturated heterocycles. The van der Waals surface area contributed by atoms with Gasteiger partial charge in [-0.25, -0.2) is 0 Å². The molecule has 1 saturated carbocycles. The highest BCUT2D eigenvalue weighted by Gasteiger charge is 2.63. The number of likely N-dealkylation sites (N-methyl/N-ethyl adjacent to an activating group) is 1. The summed E-state index contributed by atoms with van der Waals surface area (Å²) in [5.74, 6) is 0.844. The number of hydrogen-bond acceptors (Lipinski definition) is 2. The largest absolute Gasteiger partial charge is 0.316 e. The second kappa shape index (κ2) is 4.19. The first kappa shape index (κ1) is 12.0. The van der Waals surface area contributed by atoms with E-state index >= 15 is 0 Å². The van der Waals surface area contributed by atoms with Crippen LogP contribution in [0.15, 0.2) is 0 Å². The molecule has 0 heterocycles. The molecule has 0 aliphatic heterocycles. The quantitative estimate of drug-likeness (QED) is 0.637. The highest BCUT2D eigenvalue weighted by molar-refractivity contribution is 5.12. The Morgan fingerprint density at radius 1 is 0.929 bits per heavy atom. The van der Waals surface area contributed by atoms with Crippen LogP contribution in [0.1, 0.15) is 34.6 Å². The molecule has 1 aliphatic carbocycles. The molecule has 2 heteroatoms. The molecule has 1 aliphatic rings. The van der Waals surface area contributed by atoms with E-state index in [1.54, 1.807) is 0 Å². The Labute approximate surface area is 88.8 Å². The Morgan fingerprint density at radius 2 is 1.43 bits per heavy atom. The topological polar surface area (TPSA) is 24.1 Å². The maximum Gasteiger partial charge on any atom is 0.00768 e. The van der Waals surface area contributed by atoms with Crippen molar-refractivity contribution >= 4 is 0 Å². The SMILES string of the molecule is CCNCCNCC1C(C)(C)C1(C)C. The molecule has 1 fully saturated rings. The van der Waals surface area contributed by atoms with Crippen LogP contribution in [0.2, 0.25) is 0 Å². The van der Waals surface area contributed by atoms with Crippen LogP contribution >= 0.6 is 0 Å². The van der Waals surface area contributed by atoms with Gasteiger partial charge in [-0.1, -0.05) is 34.6 Å². The molecule has 0 atom stereocenters. The Bertz CT molecular complexity index is 171. The molecule has 0 aromatic rings. The lowest BCUT2D eigenvalue weighted by molar-refractivity contribution is 0.457. The summed E-state index contributed by atoms with van der Waals surface area (Å²) in [5, 5.41) is 6.85. The van der Waals surface area contributed by atoms with Crippen LogP contribution in [0.5, 0.6) is 0 Å². The second-order valence-electron chi connectivity index (χ2n) is 5.55. The van der Waals surface area contributed by atoms with Crippen LogP contribution < -0.4 is 10.6 Å². The third-order valence-electron chi connectivity index (χ3n) is 4.40. The molecule has 0 amide bonds. The van der Waals surface area contributed by atoms with Crippen molar-refractivity contribution in [1.82, 2.24) is 10.6 Å². The summed E-state index contributed by atoms with van der Waals surface area (Å²) in [4.78, 5) is 0. The maximum atomic E-state index is 3.53. The van der Waals surface area contributed by atoms with Crippen LogP contribution in [0, 0.1) is 16.7 Å². The van der Waals surface area contributed by atoms with Crippen molar-refractivity contribution in [2.24, 2.45) is 16.7 Å². The third-order valence-corrected chi connectivity index (χ3v) is 4.40. The maximum absolute atomic E-state index is 3.53. The summed E-state index contributed by atoms with van der Waals surface area (Å²) in [5.41, 5.74) is 1.05. The van der Waals surface area contributed by atoms with Crippen molar-refractivity contribution in [3.05, 3.63) is 0 Å². The molecule has 0 unspecified atom stereocenters. The van der Waals surface area contributed by atoms with Gasteiger partial charge in [-0.3, -0.25) is 0 Å². The van der Waals surface area contributed by atoms with E-state index in [0.29, 0.717) is 10.8 Å². The normalized spacial score (nSPS) is 23.8. The minimum Gasteiger partial charge on any atom is -0.316 e. The van der Waals surface area contributed by atoms with Gasteiger partial charge in [-0.15, -0.1) is 0 Å². The van der Waals surface area contributed by atoms with Crippen molar-refractivity contribution in [3.63, 3.8) is 0 Å². The second-order valence-corrected chi connectivity index (χ2v) is 5.55. The van der Waals surface area contributed by atoms with Crippen molar-refractivity contribution in [3.8, 4) is 0 Å². The van der Waals surface area contributed by atoms with Crippen LogP contribution in [0.4, 0.5) is 0 Å². The predicted octanol–water partition coefficient (Wildman–Crippen LogP) is 1.87. The van der Waals surface area contributed by atoms with Gasteiger partial charge in [0.15, 0.2) is 0 Å². The lowest BCUT2D eigenvalue weighted by Gasteiger charge is -2.06. The summed E-state index contributed by atoms with van der Waals surface area (Å²) >= 11 is 0. The Kier molecular flexibility index (Phi) is 3.59. The van der Waals surface area contributed by atoms with Crippen LogP contribution in [0.25, 0.3) is 0 Å². The average Bonchev–Trinajstić information content (AvgIpc) is 2.46. The fraction of sp³-hybridized carbons (Fsp3) is 1.00. The van der Waals surface area contributed by atoms with Crippen molar-refractivity contribution in [2.45, 2.75) is 34.6 Å². The Hall–Kier alpha value is -0.0800. The van der Waals surface area contributed by atoms with Gasteiger partial charge in [0.05, 0.1) is 0 Å². The summed E-state index contributed by atoms with van der Waals surface area (Å²) < 4.78 is 0. The first-order chi connectivity index (χ1) is 6.44. The minimum absolute atomic E-state index is 0.526. The van der Waals surface area contributed by atoms with Crippen LogP contribution in [0.3, 0.4) is 0 Å². The van der Waals surface area contributed by atoms with Crippen molar-refractivity contribution < 1.29 is 0 Å². The molecule has 2 nitrogen and oxygen atoms in total. The summed E-state index contributed by atoms with van der Waals surface area (Å²) in [7, 11) is 0. The molecule has 0 bridgehead atoms. The van der Waals surface area contributed by atoms with Gasteiger partial charge in [-0.05, 0) is 29.8 Å². The highest BCUT2D eigenvalue weighted by Crippen LogP contribution is 2.67. The molecule has 0 aromatic carbocycles. The van der Waals surface area contributed by atoms with Crippen molar-refractivity contribution in [1.29, 1.82) is 0 Å². The molecule has 0 aromatic heterocycles. The van der Waals surface area contributed by atoms with Gasteiger partial charge < -0.3 is 10.6 Å². The van der Waals surface area contributed by atoms with E-state index in [4.69, 9.17) is 0 Å². The Balaban J connectivity index is 2.10. The molecular formula is C12H26N2.